The fourth-order valence-electron chi connectivity index (χ4n) is 1.99. The van der Waals surface area contributed by atoms with Crippen LogP contribution in [0.3, 0.4) is 0 Å². The molecule has 6 heteroatoms. The minimum Gasteiger partial charge on any atom is -0.459 e. The highest BCUT2D eigenvalue weighted by molar-refractivity contribution is 7.85. The van der Waals surface area contributed by atoms with Crippen molar-refractivity contribution in [3.8, 4) is 0 Å². The van der Waals surface area contributed by atoms with E-state index in [1.165, 1.54) is 24.3 Å². The lowest BCUT2D eigenvalue weighted by molar-refractivity contribution is 0.0317. The average molecular weight is 270 g/mol. The van der Waals surface area contributed by atoms with Crippen LogP contribution in [0.2, 0.25) is 0 Å². The van der Waals surface area contributed by atoms with Crippen LogP contribution in [0, 0.1) is 0 Å². The number of hydrogen-bond acceptors (Lipinski definition) is 4. The first-order valence-electron chi connectivity index (χ1n) is 5.75. The number of carbonyl (C=O) groups is 1. The van der Waals surface area contributed by atoms with E-state index in [1.807, 2.05) is 0 Å². The molecule has 0 radical (unpaired) electrons. The summed E-state index contributed by atoms with van der Waals surface area (Å²) >= 11 is 0. The normalized spacial score (nSPS) is 16.7. The zero-order chi connectivity index (χ0) is 13.2. The second-order valence-electron chi connectivity index (χ2n) is 4.31. The maximum Gasteiger partial charge on any atom is 0.338 e. The monoisotopic (exact) mass is 270 g/mol. The molecule has 2 rings (SSSR count). The summed E-state index contributed by atoms with van der Waals surface area (Å²) in [7, 11) is -4.22. The maximum absolute atomic E-state index is 11.7. The topological polar surface area (TPSA) is 80.7 Å². The highest BCUT2D eigenvalue weighted by atomic mass is 32.2. The molecule has 1 aliphatic carbocycles. The Morgan fingerprint density at radius 3 is 2.22 bits per heavy atom. The van der Waals surface area contributed by atoms with Crippen molar-refractivity contribution < 1.29 is 22.5 Å². The predicted octanol–water partition coefficient (Wildman–Crippen LogP) is 2.03. The van der Waals surface area contributed by atoms with Crippen LogP contribution < -0.4 is 0 Å². The van der Waals surface area contributed by atoms with Crippen molar-refractivity contribution in [3.05, 3.63) is 29.8 Å². The third-order valence-corrected chi connectivity index (χ3v) is 3.83. The molecular formula is C12H14O5S. The average Bonchev–Trinajstić information content (AvgIpc) is 2.81. The van der Waals surface area contributed by atoms with E-state index in [4.69, 9.17) is 9.29 Å². The fraction of sp³-hybridized carbons (Fsp3) is 0.417. The molecule has 1 aromatic rings. The zero-order valence-electron chi connectivity index (χ0n) is 9.70. The van der Waals surface area contributed by atoms with E-state index in [2.05, 4.69) is 0 Å². The number of hydrogen-bond donors (Lipinski definition) is 1. The minimum atomic E-state index is -4.22. The molecule has 0 spiro atoms. The Balaban J connectivity index is 2.07. The predicted molar refractivity (Wildman–Crippen MR) is 63.9 cm³/mol. The van der Waals surface area contributed by atoms with Gasteiger partial charge in [-0.15, -0.1) is 0 Å². The van der Waals surface area contributed by atoms with Crippen molar-refractivity contribution in [2.45, 2.75) is 36.7 Å². The van der Waals surface area contributed by atoms with Crippen LogP contribution in [0.25, 0.3) is 0 Å². The van der Waals surface area contributed by atoms with E-state index < -0.39 is 16.1 Å². The number of esters is 1. The molecule has 0 unspecified atom stereocenters. The first kappa shape index (κ1) is 13.0. The Kier molecular flexibility index (Phi) is 3.68. The third-order valence-electron chi connectivity index (χ3n) is 2.96. The van der Waals surface area contributed by atoms with Gasteiger partial charge in [0.15, 0.2) is 0 Å². The van der Waals surface area contributed by atoms with Crippen molar-refractivity contribution in [3.63, 3.8) is 0 Å². The Morgan fingerprint density at radius 1 is 1.17 bits per heavy atom. The smallest absolute Gasteiger partial charge is 0.338 e. The molecule has 1 saturated carbocycles. The molecule has 1 aromatic carbocycles. The SMILES string of the molecule is O=C(OC1CCCC1)c1ccc(S(=O)(=O)O)cc1. The molecule has 0 amide bonds. The molecule has 0 aromatic heterocycles. The van der Waals surface area contributed by atoms with Gasteiger partial charge in [-0.1, -0.05) is 0 Å². The Labute approximate surface area is 106 Å². The molecule has 0 bridgehead atoms. The second kappa shape index (κ2) is 5.07. The van der Waals surface area contributed by atoms with Gasteiger partial charge in [-0.05, 0) is 49.9 Å². The second-order valence-corrected chi connectivity index (χ2v) is 5.73. The first-order valence-corrected chi connectivity index (χ1v) is 7.19. The van der Waals surface area contributed by atoms with Gasteiger partial charge in [0, 0.05) is 0 Å². The molecule has 0 heterocycles. The first-order chi connectivity index (χ1) is 8.47. The Bertz CT molecular complexity index is 526. The van der Waals surface area contributed by atoms with Gasteiger partial charge < -0.3 is 4.74 Å². The van der Waals surface area contributed by atoms with Gasteiger partial charge in [0.25, 0.3) is 10.1 Å². The van der Waals surface area contributed by atoms with Crippen molar-refractivity contribution >= 4 is 16.1 Å². The van der Waals surface area contributed by atoms with E-state index in [-0.39, 0.29) is 16.6 Å². The molecule has 5 nitrogen and oxygen atoms in total. The summed E-state index contributed by atoms with van der Waals surface area (Å²) in [6, 6.07) is 5.03. The van der Waals surface area contributed by atoms with E-state index >= 15 is 0 Å². The molecule has 0 atom stereocenters. The highest BCUT2D eigenvalue weighted by Crippen LogP contribution is 2.22. The van der Waals surface area contributed by atoms with Gasteiger partial charge in [-0.3, -0.25) is 4.55 Å². The maximum atomic E-state index is 11.7. The highest BCUT2D eigenvalue weighted by Gasteiger charge is 2.20. The quantitative estimate of drug-likeness (QED) is 0.671. The summed E-state index contributed by atoms with van der Waals surface area (Å²) in [6.45, 7) is 0. The van der Waals surface area contributed by atoms with Crippen LogP contribution >= 0.6 is 0 Å². The fourth-order valence-corrected chi connectivity index (χ4v) is 2.47. The molecule has 1 fully saturated rings. The van der Waals surface area contributed by atoms with Crippen molar-refractivity contribution in [2.75, 3.05) is 0 Å². The molecule has 98 valence electrons. The van der Waals surface area contributed by atoms with E-state index in [9.17, 15) is 13.2 Å². The van der Waals surface area contributed by atoms with Crippen molar-refractivity contribution in [1.82, 2.24) is 0 Å². The van der Waals surface area contributed by atoms with E-state index in [0.29, 0.717) is 0 Å². The molecule has 0 aliphatic heterocycles. The summed E-state index contributed by atoms with van der Waals surface area (Å²) < 4.78 is 35.7. The molecule has 1 N–H and O–H groups in total. The van der Waals surface area contributed by atoms with Crippen LogP contribution in [0.1, 0.15) is 36.0 Å². The molecule has 0 saturated heterocycles. The lowest BCUT2D eigenvalue weighted by atomic mass is 10.2. The molecule has 1 aliphatic rings. The van der Waals surface area contributed by atoms with Crippen LogP contribution in [0.4, 0.5) is 0 Å². The van der Waals surface area contributed by atoms with Crippen molar-refractivity contribution in [2.24, 2.45) is 0 Å². The van der Waals surface area contributed by atoms with Gasteiger partial charge in [-0.2, -0.15) is 8.42 Å². The third kappa shape index (κ3) is 3.08. The van der Waals surface area contributed by atoms with Crippen LogP contribution in [-0.2, 0) is 14.9 Å². The molecular weight excluding hydrogens is 256 g/mol. The Hall–Kier alpha value is -1.40. The van der Waals surface area contributed by atoms with Crippen molar-refractivity contribution in [1.29, 1.82) is 0 Å². The van der Waals surface area contributed by atoms with E-state index in [0.717, 1.165) is 25.7 Å². The minimum absolute atomic E-state index is 0.0289. The Morgan fingerprint density at radius 2 is 1.72 bits per heavy atom. The van der Waals surface area contributed by atoms with Gasteiger partial charge in [-0.25, -0.2) is 4.79 Å². The van der Waals surface area contributed by atoms with Crippen LogP contribution in [-0.4, -0.2) is 25.0 Å². The number of benzene rings is 1. The van der Waals surface area contributed by atoms with E-state index in [1.54, 1.807) is 0 Å². The summed E-state index contributed by atoms with van der Waals surface area (Å²) in [5, 5.41) is 0. The summed E-state index contributed by atoms with van der Waals surface area (Å²) in [5.74, 6) is -0.455. The zero-order valence-corrected chi connectivity index (χ0v) is 10.5. The molecule has 18 heavy (non-hydrogen) atoms. The number of rotatable bonds is 3. The van der Waals surface area contributed by atoms with Gasteiger partial charge in [0.1, 0.15) is 6.10 Å². The summed E-state index contributed by atoms with van der Waals surface area (Å²) in [6.07, 6.45) is 3.88. The lowest BCUT2D eigenvalue weighted by Gasteiger charge is -2.11. The van der Waals surface area contributed by atoms with Gasteiger partial charge in [0.05, 0.1) is 10.5 Å². The van der Waals surface area contributed by atoms with Gasteiger partial charge in [0.2, 0.25) is 0 Å². The summed E-state index contributed by atoms with van der Waals surface area (Å²) in [5.41, 5.74) is 0.286. The van der Waals surface area contributed by atoms with Gasteiger partial charge >= 0.3 is 5.97 Å². The number of carbonyl (C=O) groups excluding carboxylic acids is 1. The van der Waals surface area contributed by atoms with Crippen LogP contribution in [0.5, 0.6) is 0 Å². The number of ether oxygens (including phenoxy) is 1. The standard InChI is InChI=1S/C12H14O5S/c13-12(17-10-3-1-2-4-10)9-5-7-11(8-6-9)18(14,15)16/h5-8,10H,1-4H2,(H,14,15,16). The van der Waals surface area contributed by atoms with Crippen LogP contribution in [0.15, 0.2) is 29.2 Å². The largest absolute Gasteiger partial charge is 0.459 e. The lowest BCUT2D eigenvalue weighted by Crippen LogP contribution is -2.14. The summed E-state index contributed by atoms with van der Waals surface area (Å²) in [4.78, 5) is 11.5.